The van der Waals surface area contributed by atoms with Gasteiger partial charge in [0.2, 0.25) is 5.91 Å². The largest absolute Gasteiger partial charge is 0.376 e. The van der Waals surface area contributed by atoms with Crippen LogP contribution in [0.25, 0.3) is 0 Å². The van der Waals surface area contributed by atoms with Gasteiger partial charge in [-0.1, -0.05) is 63.9 Å². The van der Waals surface area contributed by atoms with Gasteiger partial charge in [0.25, 0.3) is 0 Å². The lowest BCUT2D eigenvalue weighted by molar-refractivity contribution is -0.114. The summed E-state index contributed by atoms with van der Waals surface area (Å²) in [6, 6.07) is 21.3. The van der Waals surface area contributed by atoms with Gasteiger partial charge in [-0.05, 0) is 36.4 Å². The average molecular weight is 444 g/mol. The third-order valence-corrected chi connectivity index (χ3v) is 4.54. The number of benzene rings is 3. The van der Waals surface area contributed by atoms with Crippen molar-refractivity contribution >= 4 is 50.6 Å². The second-order valence-corrected chi connectivity index (χ2v) is 7.15. The Balaban J connectivity index is 1.73. The number of carbonyl (C=O) groups excluding carboxylic acids is 2. The smallest absolute Gasteiger partial charge is 0.243 e. The maximum Gasteiger partial charge on any atom is 0.243 e. The van der Waals surface area contributed by atoms with Crippen LogP contribution in [0, 0.1) is 0 Å². The van der Waals surface area contributed by atoms with Crippen molar-refractivity contribution < 1.29 is 9.59 Å². The van der Waals surface area contributed by atoms with Crippen molar-refractivity contribution in [1.29, 1.82) is 0 Å². The van der Waals surface area contributed by atoms with Crippen molar-refractivity contribution in [3.63, 3.8) is 0 Å². The minimum Gasteiger partial charge on any atom is -0.376 e. The molecule has 0 spiro atoms. The maximum absolute atomic E-state index is 12.8. The molecule has 2 N–H and O–H groups in total. The van der Waals surface area contributed by atoms with Crippen LogP contribution in [-0.4, -0.2) is 18.2 Å². The van der Waals surface area contributed by atoms with Crippen LogP contribution in [0.15, 0.2) is 77.3 Å². The lowest BCUT2D eigenvalue weighted by Gasteiger charge is -2.12. The van der Waals surface area contributed by atoms with E-state index in [1.54, 1.807) is 48.5 Å². The molecule has 27 heavy (non-hydrogen) atoms. The maximum atomic E-state index is 12.8. The van der Waals surface area contributed by atoms with E-state index in [9.17, 15) is 9.59 Å². The predicted octanol–water partition coefficient (Wildman–Crippen LogP) is 5.38. The Bertz CT molecular complexity index is 977. The molecule has 0 unspecified atom stereocenters. The molecule has 0 heterocycles. The molecular weight excluding hydrogens is 428 g/mol. The third kappa shape index (κ3) is 5.18. The molecule has 0 aliphatic carbocycles. The fraction of sp³-hybridized carbons (Fsp3) is 0.0476. The number of ketones is 1. The van der Waals surface area contributed by atoms with Crippen LogP contribution in [0.5, 0.6) is 0 Å². The highest BCUT2D eigenvalue weighted by atomic mass is 79.9. The van der Waals surface area contributed by atoms with Crippen molar-refractivity contribution in [1.82, 2.24) is 0 Å². The number of nitrogens with one attached hydrogen (secondary N) is 2. The van der Waals surface area contributed by atoms with E-state index in [4.69, 9.17) is 11.6 Å². The van der Waals surface area contributed by atoms with Gasteiger partial charge in [0.05, 0.1) is 6.54 Å². The second-order valence-electron chi connectivity index (χ2n) is 5.80. The highest BCUT2D eigenvalue weighted by Crippen LogP contribution is 2.24. The molecule has 0 radical (unpaired) electrons. The number of hydrogen-bond donors (Lipinski definition) is 2. The Morgan fingerprint density at radius 3 is 2.44 bits per heavy atom. The van der Waals surface area contributed by atoms with E-state index in [2.05, 4.69) is 26.6 Å². The molecule has 0 saturated heterocycles. The first-order chi connectivity index (χ1) is 13.0. The Kier molecular flexibility index (Phi) is 6.27. The van der Waals surface area contributed by atoms with Crippen LogP contribution in [0.2, 0.25) is 5.02 Å². The first kappa shape index (κ1) is 19.1. The molecule has 1 amide bonds. The summed E-state index contributed by atoms with van der Waals surface area (Å²) < 4.78 is 0.788. The van der Waals surface area contributed by atoms with Crippen LogP contribution in [0.3, 0.4) is 0 Å². The lowest BCUT2D eigenvalue weighted by Crippen LogP contribution is -2.22. The van der Waals surface area contributed by atoms with Gasteiger partial charge in [-0.3, -0.25) is 9.59 Å². The molecule has 0 aliphatic rings. The summed E-state index contributed by atoms with van der Waals surface area (Å²) in [4.78, 5) is 25.0. The standard InChI is InChI=1S/C21H16BrClN2O2/c22-15-9-10-19(18(11-15)21(27)14-5-2-1-3-6-14)24-13-20(26)25-17-8-4-7-16(23)12-17/h1-12,24H,13H2,(H,25,26). The minimum absolute atomic E-state index is 0.0171. The van der Waals surface area contributed by atoms with Gasteiger partial charge >= 0.3 is 0 Å². The first-order valence-corrected chi connectivity index (χ1v) is 9.38. The zero-order valence-electron chi connectivity index (χ0n) is 14.2. The highest BCUT2D eigenvalue weighted by molar-refractivity contribution is 9.10. The molecule has 3 aromatic rings. The van der Waals surface area contributed by atoms with E-state index < -0.39 is 0 Å². The normalized spacial score (nSPS) is 10.3. The molecule has 0 fully saturated rings. The van der Waals surface area contributed by atoms with E-state index in [0.29, 0.717) is 27.5 Å². The molecule has 0 bridgehead atoms. The Labute approximate surface area is 170 Å². The molecule has 6 heteroatoms. The zero-order chi connectivity index (χ0) is 19.2. The number of halogens is 2. The van der Waals surface area contributed by atoms with Crippen molar-refractivity contribution in [2.45, 2.75) is 0 Å². The number of anilines is 2. The van der Waals surface area contributed by atoms with E-state index in [0.717, 1.165) is 4.47 Å². The molecule has 0 aliphatic heterocycles. The van der Waals surface area contributed by atoms with Gasteiger partial charge < -0.3 is 10.6 Å². The van der Waals surface area contributed by atoms with Gasteiger partial charge in [0.1, 0.15) is 0 Å². The van der Waals surface area contributed by atoms with Crippen molar-refractivity contribution in [3.8, 4) is 0 Å². The molecule has 4 nitrogen and oxygen atoms in total. The summed E-state index contributed by atoms with van der Waals surface area (Å²) in [5.74, 6) is -0.354. The molecule has 0 atom stereocenters. The molecular formula is C21H16BrClN2O2. The van der Waals surface area contributed by atoms with Gasteiger partial charge in [-0.25, -0.2) is 0 Å². The summed E-state index contributed by atoms with van der Waals surface area (Å²) in [7, 11) is 0. The van der Waals surface area contributed by atoms with Gasteiger partial charge in [-0.2, -0.15) is 0 Å². The van der Waals surface area contributed by atoms with Crippen LogP contribution in [0.1, 0.15) is 15.9 Å². The van der Waals surface area contributed by atoms with Crippen molar-refractivity contribution in [2.75, 3.05) is 17.2 Å². The van der Waals surface area contributed by atoms with Gasteiger partial charge in [0, 0.05) is 32.0 Å². The monoisotopic (exact) mass is 442 g/mol. The van der Waals surface area contributed by atoms with Crippen LogP contribution in [0.4, 0.5) is 11.4 Å². The zero-order valence-corrected chi connectivity index (χ0v) is 16.5. The number of amides is 1. The van der Waals surface area contributed by atoms with Gasteiger partial charge in [0.15, 0.2) is 5.78 Å². The second kappa shape index (κ2) is 8.84. The summed E-state index contributed by atoms with van der Waals surface area (Å²) in [6.07, 6.45) is 0. The molecule has 0 aromatic heterocycles. The summed E-state index contributed by atoms with van der Waals surface area (Å²) >= 11 is 9.32. The number of rotatable bonds is 6. The molecule has 3 aromatic carbocycles. The van der Waals surface area contributed by atoms with Crippen molar-refractivity contribution in [3.05, 3.63) is 93.4 Å². The SMILES string of the molecule is O=C(CNc1ccc(Br)cc1C(=O)c1ccccc1)Nc1cccc(Cl)c1. The van der Waals surface area contributed by atoms with E-state index in [1.807, 2.05) is 24.3 Å². The average Bonchev–Trinajstić information content (AvgIpc) is 2.67. The van der Waals surface area contributed by atoms with E-state index in [-0.39, 0.29) is 18.2 Å². The summed E-state index contributed by atoms with van der Waals surface area (Å²) in [5.41, 5.74) is 2.28. The van der Waals surface area contributed by atoms with Crippen LogP contribution >= 0.6 is 27.5 Å². The number of hydrogen-bond acceptors (Lipinski definition) is 3. The summed E-state index contributed by atoms with van der Waals surface area (Å²) in [5, 5.41) is 6.35. The Hall–Kier alpha value is -2.63. The molecule has 0 saturated carbocycles. The van der Waals surface area contributed by atoms with E-state index >= 15 is 0 Å². The molecule has 136 valence electrons. The predicted molar refractivity (Wildman–Crippen MR) is 113 cm³/mol. The first-order valence-electron chi connectivity index (χ1n) is 8.21. The van der Waals surface area contributed by atoms with Crippen molar-refractivity contribution in [2.24, 2.45) is 0 Å². The Morgan fingerprint density at radius 2 is 1.70 bits per heavy atom. The van der Waals surface area contributed by atoms with E-state index in [1.165, 1.54) is 0 Å². The number of carbonyl (C=O) groups is 2. The highest BCUT2D eigenvalue weighted by Gasteiger charge is 2.15. The Morgan fingerprint density at radius 1 is 0.926 bits per heavy atom. The van der Waals surface area contributed by atoms with Crippen LogP contribution < -0.4 is 10.6 Å². The quantitative estimate of drug-likeness (QED) is 0.503. The minimum atomic E-state index is -0.238. The molecule has 3 rings (SSSR count). The fourth-order valence-electron chi connectivity index (χ4n) is 2.55. The lowest BCUT2D eigenvalue weighted by atomic mass is 10.0. The third-order valence-electron chi connectivity index (χ3n) is 3.81. The topological polar surface area (TPSA) is 58.2 Å². The summed E-state index contributed by atoms with van der Waals surface area (Å²) in [6.45, 7) is 0.0171. The van der Waals surface area contributed by atoms with Crippen LogP contribution in [-0.2, 0) is 4.79 Å². The van der Waals surface area contributed by atoms with Gasteiger partial charge in [-0.15, -0.1) is 0 Å². The fourth-order valence-corrected chi connectivity index (χ4v) is 3.10.